The molecule has 0 aromatic carbocycles. The standard InChI is InChI=1S/C42H75IN6O16/c1-26-34(55)36(57)38(59)41(64-26)62-24-22-45-30(51)15-8-5-12-21-47-40(61)28(48-32(53)18-6-3-4-7-19-33(54)49-43)14-11-13-20-44-29(50)16-9-10-17-31(52)46-23-25-63-42-39(60)37(58)35(56)27(2)65-42/h26-28,34-39,41-42,55-60H,3-25H2,1-2H3,(H,44,50)(H,45,51)(H,46,52)(H,47,61)(H,48,53)(H,49,54)/t26-,27-,28-,34+,35+,36+,37+,38-,39-,41+,42+/m0/s1. The lowest BCUT2D eigenvalue weighted by Crippen LogP contribution is -2.57. The van der Waals surface area contributed by atoms with E-state index in [9.17, 15) is 59.4 Å². The van der Waals surface area contributed by atoms with Crippen molar-refractivity contribution in [3.63, 3.8) is 0 Å². The number of carbonyl (C=O) groups excluding carboxylic acids is 6. The van der Waals surface area contributed by atoms with E-state index in [1.165, 1.54) is 0 Å². The third kappa shape index (κ3) is 24.1. The van der Waals surface area contributed by atoms with Crippen molar-refractivity contribution in [2.75, 3.05) is 39.4 Å². The van der Waals surface area contributed by atoms with E-state index in [1.807, 2.05) is 0 Å². The van der Waals surface area contributed by atoms with Crippen molar-refractivity contribution < 1.29 is 78.4 Å². The first-order valence-electron chi connectivity index (χ1n) is 22.9. The molecule has 22 nitrogen and oxygen atoms in total. The third-order valence-corrected chi connectivity index (χ3v) is 11.6. The minimum Gasteiger partial charge on any atom is -0.388 e. The molecule has 2 aliphatic rings. The van der Waals surface area contributed by atoms with Crippen LogP contribution in [0.25, 0.3) is 0 Å². The van der Waals surface area contributed by atoms with Crippen LogP contribution in [0.3, 0.4) is 0 Å². The summed E-state index contributed by atoms with van der Waals surface area (Å²) in [4.78, 5) is 74.3. The lowest BCUT2D eigenvalue weighted by molar-refractivity contribution is -0.292. The number of unbranched alkanes of at least 4 members (excludes halogenated alkanes) is 7. The van der Waals surface area contributed by atoms with Gasteiger partial charge in [-0.25, -0.2) is 0 Å². The lowest BCUT2D eigenvalue weighted by atomic mass is 10.0. The zero-order valence-electron chi connectivity index (χ0n) is 37.8. The summed E-state index contributed by atoms with van der Waals surface area (Å²) in [5, 5.41) is 73.3. The van der Waals surface area contributed by atoms with Gasteiger partial charge in [0, 0.05) is 58.3 Å². The number of rotatable bonds is 33. The Kier molecular flexibility index (Phi) is 30.1. The van der Waals surface area contributed by atoms with Crippen LogP contribution in [0.5, 0.6) is 0 Å². The second kappa shape index (κ2) is 33.6. The topological polar surface area (TPSA) is 333 Å². The summed E-state index contributed by atoms with van der Waals surface area (Å²) in [5.41, 5.74) is 0. The summed E-state index contributed by atoms with van der Waals surface area (Å²) in [6, 6.07) is -0.772. The van der Waals surface area contributed by atoms with Crippen LogP contribution in [-0.2, 0) is 47.7 Å². The molecule has 2 heterocycles. The zero-order chi connectivity index (χ0) is 48.1. The monoisotopic (exact) mass is 1050 g/mol. The van der Waals surface area contributed by atoms with E-state index in [2.05, 4.69) is 30.1 Å². The normalized spacial score (nSPS) is 25.8. The second-order valence-electron chi connectivity index (χ2n) is 16.5. The molecule has 0 aromatic heterocycles. The maximum Gasteiger partial charge on any atom is 0.242 e. The van der Waals surface area contributed by atoms with E-state index >= 15 is 0 Å². The lowest BCUT2D eigenvalue weighted by Gasteiger charge is -2.38. The summed E-state index contributed by atoms with van der Waals surface area (Å²) >= 11 is 1.80. The fourth-order valence-electron chi connectivity index (χ4n) is 7.00. The van der Waals surface area contributed by atoms with Gasteiger partial charge < -0.3 is 76.2 Å². The maximum absolute atomic E-state index is 13.2. The van der Waals surface area contributed by atoms with Gasteiger partial charge in [-0.1, -0.05) is 19.3 Å². The van der Waals surface area contributed by atoms with E-state index in [4.69, 9.17) is 18.9 Å². The van der Waals surface area contributed by atoms with Gasteiger partial charge in [0.05, 0.1) is 48.3 Å². The van der Waals surface area contributed by atoms with Crippen molar-refractivity contribution in [2.24, 2.45) is 0 Å². The second-order valence-corrected chi connectivity index (χ2v) is 17.1. The smallest absolute Gasteiger partial charge is 0.242 e. The minimum absolute atomic E-state index is 0.0168. The molecular formula is C42H75IN6O16. The number of nitrogens with one attached hydrogen (secondary N) is 6. The Morgan fingerprint density at radius 1 is 0.477 bits per heavy atom. The molecule has 2 rings (SSSR count). The molecule has 0 aliphatic carbocycles. The van der Waals surface area contributed by atoms with Gasteiger partial charge in [0.1, 0.15) is 42.7 Å². The van der Waals surface area contributed by atoms with Crippen molar-refractivity contribution >= 4 is 58.3 Å². The maximum atomic E-state index is 13.2. The molecule has 23 heteroatoms. The molecule has 2 saturated heterocycles. The van der Waals surface area contributed by atoms with Crippen LogP contribution in [0, 0.1) is 0 Å². The van der Waals surface area contributed by atoms with E-state index in [1.54, 1.807) is 36.7 Å². The van der Waals surface area contributed by atoms with Crippen molar-refractivity contribution in [2.45, 2.75) is 190 Å². The summed E-state index contributed by atoms with van der Waals surface area (Å²) in [6.07, 6.45) is -3.34. The molecule has 2 aliphatic heterocycles. The van der Waals surface area contributed by atoms with Gasteiger partial charge in [-0.3, -0.25) is 32.3 Å². The van der Waals surface area contributed by atoms with Crippen molar-refractivity contribution in [3.8, 4) is 0 Å². The summed E-state index contributed by atoms with van der Waals surface area (Å²) in [5.74, 6) is -1.21. The SMILES string of the molecule is C[C@@H]1O[C@@H](OCCNC(=O)CCCCCNC(=O)[C@H](CCCCNC(=O)CCCCC(=O)NCCO[C@@H]2O[C@@H](C)[C@@H](O)[C@@H](O)[C@@H]2O)NC(=O)CCCCCCC(=O)NI)[C@@H](O)[C@H](O)[C@@H]1O. The largest absolute Gasteiger partial charge is 0.388 e. The van der Waals surface area contributed by atoms with Gasteiger partial charge >= 0.3 is 0 Å². The number of hydrogen-bond acceptors (Lipinski definition) is 16. The van der Waals surface area contributed by atoms with Crippen molar-refractivity contribution in [3.05, 3.63) is 0 Å². The molecule has 6 amide bonds. The number of ether oxygens (including phenoxy) is 4. The molecule has 0 saturated carbocycles. The van der Waals surface area contributed by atoms with Crippen LogP contribution in [-0.4, -0.2) is 173 Å². The number of halogens is 1. The van der Waals surface area contributed by atoms with Gasteiger partial charge in [0.2, 0.25) is 35.4 Å². The van der Waals surface area contributed by atoms with Crippen LogP contribution in [0.1, 0.15) is 123 Å². The first kappa shape index (κ1) is 58.3. The predicted octanol–water partition coefficient (Wildman–Crippen LogP) is -1.28. The molecule has 0 aromatic rings. The zero-order valence-corrected chi connectivity index (χ0v) is 39.9. The first-order valence-corrected chi connectivity index (χ1v) is 24.0. The Bertz CT molecular complexity index is 1420. The number of amides is 6. The fraction of sp³-hybridized carbons (Fsp3) is 0.857. The van der Waals surface area contributed by atoms with Crippen LogP contribution < -0.4 is 30.1 Å². The average Bonchev–Trinajstić information content (AvgIpc) is 3.28. The fourth-order valence-corrected chi connectivity index (χ4v) is 7.27. The van der Waals surface area contributed by atoms with Gasteiger partial charge in [0.25, 0.3) is 0 Å². The van der Waals surface area contributed by atoms with Crippen LogP contribution >= 0.6 is 22.9 Å². The molecule has 0 radical (unpaired) electrons. The molecule has 376 valence electrons. The predicted molar refractivity (Wildman–Crippen MR) is 241 cm³/mol. The number of aliphatic hydroxyl groups excluding tert-OH is 6. The summed E-state index contributed by atoms with van der Waals surface area (Å²) < 4.78 is 24.1. The minimum atomic E-state index is -1.43. The highest BCUT2D eigenvalue weighted by Crippen LogP contribution is 2.23. The molecule has 0 unspecified atom stereocenters. The highest BCUT2D eigenvalue weighted by atomic mass is 127. The van der Waals surface area contributed by atoms with Gasteiger partial charge in [-0.05, 0) is 71.6 Å². The molecular weight excluding hydrogens is 971 g/mol. The Hall–Kier alpha value is -2.85. The van der Waals surface area contributed by atoms with E-state index in [0.717, 1.165) is 19.3 Å². The number of aliphatic hydroxyl groups is 6. The van der Waals surface area contributed by atoms with E-state index in [-0.39, 0.29) is 87.4 Å². The summed E-state index contributed by atoms with van der Waals surface area (Å²) in [6.45, 7) is 4.14. The number of carbonyl (C=O) groups is 6. The highest BCUT2D eigenvalue weighted by molar-refractivity contribution is 14.1. The highest BCUT2D eigenvalue weighted by Gasteiger charge is 2.43. The van der Waals surface area contributed by atoms with Gasteiger partial charge in [-0.15, -0.1) is 0 Å². The molecule has 11 atom stereocenters. The quantitative estimate of drug-likeness (QED) is 0.0207. The van der Waals surface area contributed by atoms with Crippen LogP contribution in [0.15, 0.2) is 0 Å². The number of hydrogen-bond donors (Lipinski definition) is 12. The molecule has 0 spiro atoms. The average molecular weight is 1050 g/mol. The molecule has 65 heavy (non-hydrogen) atoms. The van der Waals surface area contributed by atoms with Crippen LogP contribution in [0.2, 0.25) is 0 Å². The molecule has 12 N–H and O–H groups in total. The molecule has 2 fully saturated rings. The van der Waals surface area contributed by atoms with E-state index < -0.39 is 67.5 Å². The van der Waals surface area contributed by atoms with E-state index in [0.29, 0.717) is 77.3 Å². The Balaban J connectivity index is 1.63. The van der Waals surface area contributed by atoms with Gasteiger partial charge in [-0.2, -0.15) is 0 Å². The Morgan fingerprint density at radius 3 is 1.34 bits per heavy atom. The van der Waals surface area contributed by atoms with Crippen LogP contribution in [0.4, 0.5) is 0 Å². The third-order valence-electron chi connectivity index (χ3n) is 11.0. The Morgan fingerprint density at radius 2 is 0.862 bits per heavy atom. The van der Waals surface area contributed by atoms with Crippen molar-refractivity contribution in [1.82, 2.24) is 30.1 Å². The van der Waals surface area contributed by atoms with Crippen molar-refractivity contribution in [1.29, 1.82) is 0 Å². The Labute approximate surface area is 395 Å². The first-order chi connectivity index (χ1) is 31.0. The molecule has 0 bridgehead atoms. The van der Waals surface area contributed by atoms with Gasteiger partial charge in [0.15, 0.2) is 12.6 Å². The summed E-state index contributed by atoms with van der Waals surface area (Å²) in [7, 11) is 0.